The molecule has 0 radical (unpaired) electrons. The Hall–Kier alpha value is -1.26. The summed E-state index contributed by atoms with van der Waals surface area (Å²) < 4.78 is 11.3. The highest BCUT2D eigenvalue weighted by atomic mass is 16.5. The minimum absolute atomic E-state index is 0.0854. The number of aliphatic hydroxyl groups is 1. The van der Waals surface area contributed by atoms with Crippen LogP contribution in [0.1, 0.15) is 39.7 Å². The first-order chi connectivity index (χ1) is 9.46. The molecule has 4 heteroatoms. The van der Waals surface area contributed by atoms with E-state index in [0.29, 0.717) is 19.6 Å². The van der Waals surface area contributed by atoms with Crippen LogP contribution in [0, 0.1) is 0 Å². The van der Waals surface area contributed by atoms with Gasteiger partial charge in [-0.15, -0.1) is 0 Å². The molecule has 0 fully saturated rings. The van der Waals surface area contributed by atoms with Crippen molar-refractivity contribution in [2.45, 2.75) is 46.2 Å². The van der Waals surface area contributed by atoms with Gasteiger partial charge in [-0.25, -0.2) is 0 Å². The van der Waals surface area contributed by atoms with Crippen LogP contribution in [0.3, 0.4) is 0 Å². The average molecular weight is 281 g/mol. The molecule has 0 aromatic heterocycles. The number of hydrogen-bond acceptors (Lipinski definition) is 4. The predicted molar refractivity (Wildman–Crippen MR) is 81.4 cm³/mol. The zero-order valence-corrected chi connectivity index (χ0v) is 13.0. The van der Waals surface area contributed by atoms with Crippen LogP contribution < -0.4 is 14.8 Å². The Morgan fingerprint density at radius 1 is 1.15 bits per heavy atom. The summed E-state index contributed by atoms with van der Waals surface area (Å²) in [4.78, 5) is 0. The zero-order chi connectivity index (χ0) is 15.0. The lowest BCUT2D eigenvalue weighted by Gasteiger charge is -2.21. The van der Waals surface area contributed by atoms with E-state index in [0.717, 1.165) is 23.6 Å². The first-order valence-electron chi connectivity index (χ1n) is 7.20. The standard InChI is InChI=1S/C16H27NO3/c1-5-19-15-11-13(12-17-16(2,3)4)7-8-14(15)20-10-6-9-18/h7-8,11,17-18H,5-6,9-10,12H2,1-4H3. The number of benzene rings is 1. The Morgan fingerprint density at radius 3 is 2.50 bits per heavy atom. The third-order valence-corrected chi connectivity index (χ3v) is 2.69. The summed E-state index contributed by atoms with van der Waals surface area (Å²) in [7, 11) is 0. The normalized spacial score (nSPS) is 11.4. The van der Waals surface area contributed by atoms with Gasteiger partial charge in [-0.1, -0.05) is 6.07 Å². The van der Waals surface area contributed by atoms with Crippen LogP contribution in [0.2, 0.25) is 0 Å². The lowest BCUT2D eigenvalue weighted by atomic mass is 10.1. The fourth-order valence-electron chi connectivity index (χ4n) is 1.66. The van der Waals surface area contributed by atoms with Crippen LogP contribution >= 0.6 is 0 Å². The van der Waals surface area contributed by atoms with E-state index in [1.807, 2.05) is 25.1 Å². The van der Waals surface area contributed by atoms with Crippen LogP contribution in [0.15, 0.2) is 18.2 Å². The van der Waals surface area contributed by atoms with Gasteiger partial charge in [0.15, 0.2) is 11.5 Å². The van der Waals surface area contributed by atoms with E-state index in [-0.39, 0.29) is 12.1 Å². The number of hydrogen-bond donors (Lipinski definition) is 2. The van der Waals surface area contributed by atoms with Crippen molar-refractivity contribution in [1.29, 1.82) is 0 Å². The van der Waals surface area contributed by atoms with Crippen LogP contribution in [0.25, 0.3) is 0 Å². The molecule has 0 aliphatic rings. The van der Waals surface area contributed by atoms with Crippen LogP contribution in [0.4, 0.5) is 0 Å². The van der Waals surface area contributed by atoms with Gasteiger partial charge in [0.25, 0.3) is 0 Å². The molecule has 0 unspecified atom stereocenters. The number of aliphatic hydroxyl groups excluding tert-OH is 1. The van der Waals surface area contributed by atoms with Gasteiger partial charge in [-0.3, -0.25) is 0 Å². The molecule has 2 N–H and O–H groups in total. The topological polar surface area (TPSA) is 50.7 Å². The lowest BCUT2D eigenvalue weighted by molar-refractivity contribution is 0.225. The smallest absolute Gasteiger partial charge is 0.161 e. The molecule has 0 aliphatic carbocycles. The van der Waals surface area contributed by atoms with Crippen molar-refractivity contribution in [3.05, 3.63) is 23.8 Å². The van der Waals surface area contributed by atoms with Gasteiger partial charge in [-0.05, 0) is 45.4 Å². The highest BCUT2D eigenvalue weighted by Gasteiger charge is 2.10. The SMILES string of the molecule is CCOc1cc(CNC(C)(C)C)ccc1OCCCO. The van der Waals surface area contributed by atoms with E-state index < -0.39 is 0 Å². The van der Waals surface area contributed by atoms with Crippen molar-refractivity contribution in [3.63, 3.8) is 0 Å². The molecule has 0 amide bonds. The minimum atomic E-state index is 0.0854. The van der Waals surface area contributed by atoms with Gasteiger partial charge in [0.2, 0.25) is 0 Å². The van der Waals surface area contributed by atoms with Crippen LogP contribution in [0.5, 0.6) is 11.5 Å². The third-order valence-electron chi connectivity index (χ3n) is 2.69. The Labute approximate surface area is 122 Å². The average Bonchev–Trinajstić information content (AvgIpc) is 2.38. The molecular weight excluding hydrogens is 254 g/mol. The second kappa shape index (κ2) is 8.12. The third kappa shape index (κ3) is 6.26. The summed E-state index contributed by atoms with van der Waals surface area (Å²) in [6.07, 6.45) is 0.624. The van der Waals surface area contributed by atoms with Crippen molar-refractivity contribution in [3.8, 4) is 11.5 Å². The summed E-state index contributed by atoms with van der Waals surface area (Å²) in [6, 6.07) is 5.98. The zero-order valence-electron chi connectivity index (χ0n) is 13.0. The van der Waals surface area contributed by atoms with Crippen LogP contribution in [-0.2, 0) is 6.54 Å². The van der Waals surface area contributed by atoms with Crippen molar-refractivity contribution in [2.75, 3.05) is 19.8 Å². The van der Waals surface area contributed by atoms with Gasteiger partial charge < -0.3 is 19.9 Å². The van der Waals surface area contributed by atoms with Gasteiger partial charge in [0.05, 0.1) is 13.2 Å². The van der Waals surface area contributed by atoms with E-state index in [9.17, 15) is 0 Å². The van der Waals surface area contributed by atoms with Gasteiger partial charge in [-0.2, -0.15) is 0 Å². The van der Waals surface area contributed by atoms with E-state index >= 15 is 0 Å². The number of nitrogens with one attached hydrogen (secondary N) is 1. The molecule has 20 heavy (non-hydrogen) atoms. The summed E-state index contributed by atoms with van der Waals surface area (Å²) >= 11 is 0. The van der Waals surface area contributed by atoms with Crippen molar-refractivity contribution < 1.29 is 14.6 Å². The molecule has 0 saturated carbocycles. The predicted octanol–water partition coefficient (Wildman–Crippen LogP) is 2.73. The monoisotopic (exact) mass is 281 g/mol. The Bertz CT molecular complexity index is 399. The molecule has 114 valence electrons. The van der Waals surface area contributed by atoms with E-state index in [2.05, 4.69) is 26.1 Å². The Kier molecular flexibility index (Phi) is 6.82. The highest BCUT2D eigenvalue weighted by Crippen LogP contribution is 2.28. The highest BCUT2D eigenvalue weighted by molar-refractivity contribution is 5.43. The van der Waals surface area contributed by atoms with E-state index in [1.54, 1.807) is 0 Å². The fourth-order valence-corrected chi connectivity index (χ4v) is 1.66. The maximum atomic E-state index is 8.79. The molecule has 0 spiro atoms. The fraction of sp³-hybridized carbons (Fsp3) is 0.625. The van der Waals surface area contributed by atoms with E-state index in [4.69, 9.17) is 14.6 Å². The summed E-state index contributed by atoms with van der Waals surface area (Å²) in [5.41, 5.74) is 1.25. The van der Waals surface area contributed by atoms with Crippen LogP contribution in [-0.4, -0.2) is 30.5 Å². The number of ether oxygens (including phenoxy) is 2. The Balaban J connectivity index is 2.72. The summed E-state index contributed by atoms with van der Waals surface area (Å²) in [5.74, 6) is 1.50. The molecule has 4 nitrogen and oxygen atoms in total. The minimum Gasteiger partial charge on any atom is -0.490 e. The molecule has 0 heterocycles. The molecule has 0 saturated heterocycles. The molecule has 0 aliphatic heterocycles. The van der Waals surface area contributed by atoms with Crippen molar-refractivity contribution >= 4 is 0 Å². The second-order valence-electron chi connectivity index (χ2n) is 5.74. The molecule has 0 bridgehead atoms. The second-order valence-corrected chi connectivity index (χ2v) is 5.74. The maximum Gasteiger partial charge on any atom is 0.161 e. The summed E-state index contributed by atoms with van der Waals surface area (Å²) in [5, 5.41) is 12.2. The first kappa shape index (κ1) is 16.8. The molecule has 0 atom stereocenters. The first-order valence-corrected chi connectivity index (χ1v) is 7.20. The summed E-state index contributed by atoms with van der Waals surface area (Å²) in [6.45, 7) is 10.4. The quantitative estimate of drug-likeness (QED) is 0.719. The molecule has 1 aromatic carbocycles. The number of rotatable bonds is 8. The van der Waals surface area contributed by atoms with Crippen molar-refractivity contribution in [2.24, 2.45) is 0 Å². The van der Waals surface area contributed by atoms with Gasteiger partial charge in [0, 0.05) is 25.1 Å². The maximum absolute atomic E-state index is 8.79. The molecular formula is C16H27NO3. The van der Waals surface area contributed by atoms with Crippen molar-refractivity contribution in [1.82, 2.24) is 5.32 Å². The molecule has 1 rings (SSSR count). The van der Waals surface area contributed by atoms with Gasteiger partial charge >= 0.3 is 0 Å². The lowest BCUT2D eigenvalue weighted by Crippen LogP contribution is -2.35. The Morgan fingerprint density at radius 2 is 1.90 bits per heavy atom. The van der Waals surface area contributed by atoms with Gasteiger partial charge in [0.1, 0.15) is 0 Å². The largest absolute Gasteiger partial charge is 0.490 e. The van der Waals surface area contributed by atoms with E-state index in [1.165, 1.54) is 0 Å². The molecule has 1 aromatic rings.